The van der Waals surface area contributed by atoms with Crippen LogP contribution in [0.4, 0.5) is 5.69 Å². The van der Waals surface area contributed by atoms with Crippen molar-refractivity contribution in [2.45, 2.75) is 6.92 Å². The van der Waals surface area contributed by atoms with E-state index in [4.69, 9.17) is 16.5 Å². The number of ether oxygens (including phenoxy) is 1. The smallest absolute Gasteiger partial charge is 0.261 e. The Morgan fingerprint density at radius 1 is 1.14 bits per heavy atom. The molecule has 0 spiro atoms. The molecule has 2 aromatic rings. The van der Waals surface area contributed by atoms with Crippen molar-refractivity contribution in [1.29, 1.82) is 0 Å². The number of hydrogen-bond acceptors (Lipinski definition) is 4. The Morgan fingerprint density at radius 2 is 1.73 bits per heavy atom. The van der Waals surface area contributed by atoms with Crippen molar-refractivity contribution in [3.63, 3.8) is 0 Å². The second-order valence-electron chi connectivity index (χ2n) is 4.76. The molecule has 0 fully saturated rings. The SMILES string of the molecule is COc1c(N(Cl)C(C)=O)c2c(c3ccccc13)C(=O)NC2=O. The van der Waals surface area contributed by atoms with Crippen molar-refractivity contribution in [2.24, 2.45) is 0 Å². The van der Waals surface area contributed by atoms with Crippen LogP contribution in [-0.4, -0.2) is 24.8 Å². The number of nitrogens with one attached hydrogen (secondary N) is 1. The van der Waals surface area contributed by atoms with E-state index in [1.807, 2.05) is 0 Å². The average Bonchev–Trinajstić information content (AvgIpc) is 2.80. The highest BCUT2D eigenvalue weighted by molar-refractivity contribution is 6.40. The molecule has 2 aromatic carbocycles. The Bertz CT molecular complexity index is 847. The van der Waals surface area contributed by atoms with E-state index in [0.29, 0.717) is 10.8 Å². The minimum Gasteiger partial charge on any atom is -0.494 e. The largest absolute Gasteiger partial charge is 0.494 e. The van der Waals surface area contributed by atoms with E-state index < -0.39 is 17.7 Å². The Kier molecular flexibility index (Phi) is 3.26. The minimum atomic E-state index is -0.606. The molecule has 6 nitrogen and oxygen atoms in total. The van der Waals surface area contributed by atoms with Crippen molar-refractivity contribution in [2.75, 3.05) is 11.5 Å². The third-order valence-corrected chi connectivity index (χ3v) is 3.91. The first kappa shape index (κ1) is 14.3. The number of fused-ring (bicyclic) bond motifs is 3. The van der Waals surface area contributed by atoms with Crippen molar-refractivity contribution in [3.8, 4) is 5.75 Å². The van der Waals surface area contributed by atoms with Gasteiger partial charge < -0.3 is 4.74 Å². The van der Waals surface area contributed by atoms with Gasteiger partial charge in [0.05, 0.1) is 18.2 Å². The van der Waals surface area contributed by atoms with E-state index in [1.165, 1.54) is 14.0 Å². The van der Waals surface area contributed by atoms with E-state index in [2.05, 4.69) is 5.32 Å². The molecule has 0 atom stereocenters. The molecule has 7 heteroatoms. The first-order valence-corrected chi connectivity index (χ1v) is 6.76. The van der Waals surface area contributed by atoms with Gasteiger partial charge in [-0.15, -0.1) is 0 Å². The van der Waals surface area contributed by atoms with Gasteiger partial charge in [0.2, 0.25) is 5.91 Å². The summed E-state index contributed by atoms with van der Waals surface area (Å²) >= 11 is 6.03. The topological polar surface area (TPSA) is 75.7 Å². The molecular weight excluding hydrogens is 308 g/mol. The lowest BCUT2D eigenvalue weighted by Crippen LogP contribution is -2.23. The number of nitrogens with zero attached hydrogens (tertiary/aromatic N) is 1. The molecule has 0 saturated carbocycles. The number of hydrogen-bond donors (Lipinski definition) is 1. The van der Waals surface area contributed by atoms with Gasteiger partial charge in [-0.05, 0) is 5.39 Å². The van der Waals surface area contributed by atoms with Crippen LogP contribution in [0.2, 0.25) is 0 Å². The predicted molar refractivity (Wildman–Crippen MR) is 81.3 cm³/mol. The monoisotopic (exact) mass is 318 g/mol. The fourth-order valence-electron chi connectivity index (χ4n) is 2.63. The lowest BCUT2D eigenvalue weighted by molar-refractivity contribution is -0.115. The van der Waals surface area contributed by atoms with E-state index in [9.17, 15) is 14.4 Å². The molecule has 0 saturated heterocycles. The summed E-state index contributed by atoms with van der Waals surface area (Å²) < 4.78 is 6.16. The normalized spacial score (nSPS) is 13.0. The number of rotatable bonds is 2. The maximum atomic E-state index is 12.2. The first-order valence-electron chi connectivity index (χ1n) is 6.42. The molecule has 0 bridgehead atoms. The molecule has 1 aliphatic heterocycles. The summed E-state index contributed by atoms with van der Waals surface area (Å²) in [6.07, 6.45) is 0. The summed E-state index contributed by atoms with van der Waals surface area (Å²) in [5.74, 6) is -1.35. The molecule has 1 heterocycles. The van der Waals surface area contributed by atoms with Crippen molar-refractivity contribution in [3.05, 3.63) is 35.4 Å². The van der Waals surface area contributed by atoms with Crippen LogP contribution in [0, 0.1) is 0 Å². The van der Waals surface area contributed by atoms with Gasteiger partial charge in [0.1, 0.15) is 5.69 Å². The van der Waals surface area contributed by atoms with Crippen LogP contribution in [0.1, 0.15) is 27.6 Å². The second kappa shape index (κ2) is 4.99. The van der Waals surface area contributed by atoms with Crippen molar-refractivity contribution in [1.82, 2.24) is 5.32 Å². The molecule has 0 radical (unpaired) electrons. The van der Waals surface area contributed by atoms with Crippen LogP contribution in [-0.2, 0) is 4.79 Å². The quantitative estimate of drug-likeness (QED) is 0.680. The number of methoxy groups -OCH3 is 1. The average molecular weight is 319 g/mol. The second-order valence-corrected chi connectivity index (χ2v) is 5.10. The third kappa shape index (κ3) is 1.84. The molecule has 1 aliphatic rings. The van der Waals surface area contributed by atoms with E-state index in [0.717, 1.165) is 4.42 Å². The first-order chi connectivity index (χ1) is 10.5. The number of anilines is 1. The van der Waals surface area contributed by atoms with Crippen molar-refractivity contribution < 1.29 is 19.1 Å². The highest BCUT2D eigenvalue weighted by atomic mass is 35.5. The highest BCUT2D eigenvalue weighted by Gasteiger charge is 2.37. The standard InChI is InChI=1S/C15H11ClN2O4/c1-7(19)18(16)12-11-10(14(20)17-15(11)21)8-5-3-4-6-9(8)13(12)22-2/h3-6H,1-2H3,(H,17,20,21). The zero-order valence-electron chi connectivity index (χ0n) is 11.8. The minimum absolute atomic E-state index is 0.0470. The van der Waals surface area contributed by atoms with Crippen LogP contribution in [0.3, 0.4) is 0 Å². The predicted octanol–water partition coefficient (Wildman–Crippen LogP) is 2.24. The van der Waals surface area contributed by atoms with Gasteiger partial charge in [-0.2, -0.15) is 0 Å². The Labute approximate surface area is 130 Å². The van der Waals surface area contributed by atoms with Gasteiger partial charge in [-0.3, -0.25) is 19.7 Å². The summed E-state index contributed by atoms with van der Waals surface area (Å²) in [5, 5.41) is 3.39. The number of benzene rings is 2. The molecule has 3 rings (SSSR count). The summed E-state index contributed by atoms with van der Waals surface area (Å²) in [6.45, 7) is 1.25. The van der Waals surface area contributed by atoms with Gasteiger partial charge in [0.25, 0.3) is 11.8 Å². The van der Waals surface area contributed by atoms with Gasteiger partial charge >= 0.3 is 0 Å². The van der Waals surface area contributed by atoms with Crippen LogP contribution in [0.15, 0.2) is 24.3 Å². The third-order valence-electron chi connectivity index (χ3n) is 3.50. The molecule has 22 heavy (non-hydrogen) atoms. The lowest BCUT2D eigenvalue weighted by atomic mass is 9.97. The number of amides is 3. The fourth-order valence-corrected chi connectivity index (χ4v) is 2.79. The number of halogens is 1. The fraction of sp³-hybridized carbons (Fsp3) is 0.133. The zero-order valence-corrected chi connectivity index (χ0v) is 12.5. The summed E-state index contributed by atoms with van der Waals surface area (Å²) in [7, 11) is 1.41. The molecule has 112 valence electrons. The summed E-state index contributed by atoms with van der Waals surface area (Å²) in [5.41, 5.74) is 0.322. The number of carbonyl (C=O) groups is 3. The molecule has 0 aromatic heterocycles. The van der Waals surface area contributed by atoms with Crippen LogP contribution >= 0.6 is 11.8 Å². The molecule has 3 amide bonds. The van der Waals surface area contributed by atoms with Gasteiger partial charge in [0, 0.05) is 24.1 Å². The van der Waals surface area contributed by atoms with Crippen LogP contribution in [0.5, 0.6) is 5.75 Å². The molecular formula is C15H11ClN2O4. The van der Waals surface area contributed by atoms with E-state index in [1.54, 1.807) is 24.3 Å². The Balaban J connectivity index is 2.53. The molecule has 0 unspecified atom stereocenters. The summed E-state index contributed by atoms with van der Waals surface area (Å²) in [4.78, 5) is 35.9. The number of imide groups is 1. The highest BCUT2D eigenvalue weighted by Crippen LogP contribution is 2.44. The summed E-state index contributed by atoms with van der Waals surface area (Å²) in [6, 6.07) is 6.97. The zero-order chi connectivity index (χ0) is 16.0. The van der Waals surface area contributed by atoms with E-state index >= 15 is 0 Å². The van der Waals surface area contributed by atoms with Gasteiger partial charge in [-0.1, -0.05) is 24.3 Å². The van der Waals surface area contributed by atoms with Crippen LogP contribution < -0.4 is 14.5 Å². The van der Waals surface area contributed by atoms with Gasteiger partial charge in [0.15, 0.2) is 5.75 Å². The lowest BCUT2D eigenvalue weighted by Gasteiger charge is -2.20. The number of carbonyl (C=O) groups excluding carboxylic acids is 3. The maximum absolute atomic E-state index is 12.2. The van der Waals surface area contributed by atoms with Crippen molar-refractivity contribution >= 4 is 46.0 Å². The van der Waals surface area contributed by atoms with Gasteiger partial charge in [-0.25, -0.2) is 4.42 Å². The Hall–Kier alpha value is -2.60. The van der Waals surface area contributed by atoms with Crippen LogP contribution in [0.25, 0.3) is 10.8 Å². The Morgan fingerprint density at radius 3 is 2.32 bits per heavy atom. The van der Waals surface area contributed by atoms with E-state index in [-0.39, 0.29) is 22.6 Å². The molecule has 1 N–H and O–H groups in total. The molecule has 0 aliphatic carbocycles. The maximum Gasteiger partial charge on any atom is 0.261 e.